The van der Waals surface area contributed by atoms with Crippen LogP contribution in [-0.4, -0.2) is 14.4 Å². The Kier molecular flexibility index (Phi) is 4.81. The van der Waals surface area contributed by atoms with E-state index in [1.807, 2.05) is 18.2 Å². The molecule has 110 valence electrons. The van der Waals surface area contributed by atoms with Crippen molar-refractivity contribution < 1.29 is 4.43 Å². The minimum Gasteiger partial charge on any atom is -0.411 e. The predicted molar refractivity (Wildman–Crippen MR) is 94.4 cm³/mol. The molecule has 1 nitrogen and oxygen atoms in total. The smallest absolute Gasteiger partial charge is 0.218 e. The van der Waals surface area contributed by atoms with Crippen LogP contribution >= 0.6 is 0 Å². The highest BCUT2D eigenvalue weighted by Crippen LogP contribution is 2.21. The Balaban J connectivity index is 2.32. The van der Waals surface area contributed by atoms with E-state index in [4.69, 9.17) is 4.43 Å². The molecule has 2 rings (SSSR count). The number of hydrogen-bond acceptors (Lipinski definition) is 1. The Bertz CT molecular complexity index is 614. The SMILES string of the molecule is C=C(c1ccccc1)c1cccc([Si](C)(C)OC(C)C)c1. The molecule has 0 aromatic heterocycles. The number of benzene rings is 2. The molecule has 0 unspecified atom stereocenters. The van der Waals surface area contributed by atoms with Crippen LogP contribution in [0.4, 0.5) is 0 Å². The molecule has 0 heterocycles. The molecule has 2 aromatic carbocycles. The van der Waals surface area contributed by atoms with Crippen LogP contribution in [0.25, 0.3) is 5.57 Å². The lowest BCUT2D eigenvalue weighted by Crippen LogP contribution is -2.46. The first-order valence-corrected chi connectivity index (χ1v) is 10.3. The molecule has 0 amide bonds. The van der Waals surface area contributed by atoms with Gasteiger partial charge >= 0.3 is 0 Å². The first-order chi connectivity index (χ1) is 9.90. The summed E-state index contributed by atoms with van der Waals surface area (Å²) < 4.78 is 6.17. The van der Waals surface area contributed by atoms with Crippen LogP contribution < -0.4 is 5.19 Å². The van der Waals surface area contributed by atoms with Crippen molar-refractivity contribution in [1.29, 1.82) is 0 Å². The largest absolute Gasteiger partial charge is 0.411 e. The van der Waals surface area contributed by atoms with Crippen molar-refractivity contribution in [3.05, 3.63) is 72.3 Å². The summed E-state index contributed by atoms with van der Waals surface area (Å²) in [7, 11) is -1.86. The van der Waals surface area contributed by atoms with E-state index in [0.29, 0.717) is 0 Å². The first-order valence-electron chi connectivity index (χ1n) is 7.43. The fourth-order valence-electron chi connectivity index (χ4n) is 2.54. The van der Waals surface area contributed by atoms with Crippen molar-refractivity contribution in [1.82, 2.24) is 0 Å². The molecule has 0 radical (unpaired) electrons. The van der Waals surface area contributed by atoms with Crippen LogP contribution in [0.3, 0.4) is 0 Å². The van der Waals surface area contributed by atoms with E-state index < -0.39 is 8.32 Å². The number of rotatable bonds is 5. The van der Waals surface area contributed by atoms with Crippen molar-refractivity contribution in [2.45, 2.75) is 33.0 Å². The minimum absolute atomic E-state index is 0.257. The third-order valence-corrected chi connectivity index (χ3v) is 6.32. The van der Waals surface area contributed by atoms with Gasteiger partial charge in [-0.2, -0.15) is 0 Å². The maximum absolute atomic E-state index is 6.17. The maximum atomic E-state index is 6.17. The monoisotopic (exact) mass is 296 g/mol. The normalized spacial score (nSPS) is 11.7. The van der Waals surface area contributed by atoms with Crippen LogP contribution in [0.15, 0.2) is 61.2 Å². The molecule has 0 aliphatic rings. The van der Waals surface area contributed by atoms with Crippen LogP contribution in [-0.2, 0) is 4.43 Å². The molecule has 0 aliphatic heterocycles. The topological polar surface area (TPSA) is 9.23 Å². The third kappa shape index (κ3) is 3.93. The molecule has 0 bridgehead atoms. The van der Waals surface area contributed by atoms with Crippen LogP contribution in [0, 0.1) is 0 Å². The Morgan fingerprint density at radius 2 is 1.57 bits per heavy atom. The van der Waals surface area contributed by atoms with Crippen molar-refractivity contribution in [3.63, 3.8) is 0 Å². The second kappa shape index (κ2) is 6.42. The predicted octanol–water partition coefficient (Wildman–Crippen LogP) is 4.59. The summed E-state index contributed by atoms with van der Waals surface area (Å²) >= 11 is 0. The molecule has 0 spiro atoms. The van der Waals surface area contributed by atoms with Gasteiger partial charge in [-0.3, -0.25) is 0 Å². The lowest BCUT2D eigenvalue weighted by atomic mass is 10.00. The zero-order chi connectivity index (χ0) is 15.5. The van der Waals surface area contributed by atoms with Crippen molar-refractivity contribution in [3.8, 4) is 0 Å². The van der Waals surface area contributed by atoms with Crippen molar-refractivity contribution >= 4 is 19.1 Å². The van der Waals surface area contributed by atoms with E-state index in [1.54, 1.807) is 0 Å². The summed E-state index contributed by atoms with van der Waals surface area (Å²) in [4.78, 5) is 0. The molecular weight excluding hydrogens is 272 g/mol. The second-order valence-electron chi connectivity index (χ2n) is 6.10. The Morgan fingerprint density at radius 3 is 2.19 bits per heavy atom. The van der Waals surface area contributed by atoms with E-state index in [9.17, 15) is 0 Å². The first kappa shape index (κ1) is 15.7. The Labute approximate surface area is 129 Å². The van der Waals surface area contributed by atoms with Gasteiger partial charge in [-0.1, -0.05) is 61.2 Å². The summed E-state index contributed by atoms with van der Waals surface area (Å²) in [6.45, 7) is 12.9. The quantitative estimate of drug-likeness (QED) is 0.734. The van der Waals surface area contributed by atoms with Gasteiger partial charge in [-0.15, -0.1) is 0 Å². The molecule has 0 atom stereocenters. The second-order valence-corrected chi connectivity index (χ2v) is 9.94. The summed E-state index contributed by atoms with van der Waals surface area (Å²) in [5, 5.41) is 1.31. The van der Waals surface area contributed by atoms with Crippen LogP contribution in [0.2, 0.25) is 13.1 Å². The van der Waals surface area contributed by atoms with Crippen LogP contribution in [0.1, 0.15) is 25.0 Å². The average molecular weight is 296 g/mol. The van der Waals surface area contributed by atoms with E-state index in [-0.39, 0.29) is 6.10 Å². The Morgan fingerprint density at radius 1 is 0.952 bits per heavy atom. The molecule has 0 fully saturated rings. The zero-order valence-electron chi connectivity index (χ0n) is 13.4. The van der Waals surface area contributed by atoms with Gasteiger partial charge in [0.25, 0.3) is 0 Å². The minimum atomic E-state index is -1.86. The third-order valence-electron chi connectivity index (χ3n) is 3.56. The molecule has 0 saturated carbocycles. The Hall–Kier alpha value is -1.64. The fourth-order valence-corrected chi connectivity index (χ4v) is 4.86. The zero-order valence-corrected chi connectivity index (χ0v) is 14.4. The van der Waals surface area contributed by atoms with Gasteiger partial charge in [0.2, 0.25) is 8.32 Å². The van der Waals surface area contributed by atoms with E-state index in [2.05, 4.69) is 69.9 Å². The van der Waals surface area contributed by atoms with E-state index in [0.717, 1.165) is 5.57 Å². The van der Waals surface area contributed by atoms with Gasteiger partial charge in [0.05, 0.1) is 0 Å². The molecule has 2 aromatic rings. The van der Waals surface area contributed by atoms with Crippen LogP contribution in [0.5, 0.6) is 0 Å². The van der Waals surface area contributed by atoms with Crippen molar-refractivity contribution in [2.24, 2.45) is 0 Å². The highest BCUT2D eigenvalue weighted by molar-refractivity contribution is 6.84. The number of hydrogen-bond donors (Lipinski definition) is 0. The van der Waals surface area contributed by atoms with E-state index >= 15 is 0 Å². The molecular formula is C19H24OSi. The van der Waals surface area contributed by atoms with Gasteiger partial charge < -0.3 is 4.43 Å². The van der Waals surface area contributed by atoms with Gasteiger partial charge in [0.15, 0.2) is 0 Å². The van der Waals surface area contributed by atoms with Gasteiger partial charge in [-0.05, 0) is 48.8 Å². The van der Waals surface area contributed by atoms with Gasteiger partial charge in [-0.25, -0.2) is 0 Å². The highest BCUT2D eigenvalue weighted by Gasteiger charge is 2.26. The molecule has 21 heavy (non-hydrogen) atoms. The molecule has 0 saturated heterocycles. The molecule has 0 N–H and O–H groups in total. The fraction of sp³-hybridized carbons (Fsp3) is 0.263. The average Bonchev–Trinajstić information content (AvgIpc) is 2.46. The summed E-state index contributed by atoms with van der Waals surface area (Å²) in [5.41, 5.74) is 3.40. The standard InChI is InChI=1S/C19H24OSi/c1-15(2)20-21(4,5)19-13-9-12-18(14-19)16(3)17-10-7-6-8-11-17/h6-15H,3H2,1-2,4-5H3. The maximum Gasteiger partial charge on any atom is 0.218 e. The summed E-state index contributed by atoms with van der Waals surface area (Å²) in [5.74, 6) is 0. The lowest BCUT2D eigenvalue weighted by Gasteiger charge is -2.26. The molecule has 0 aliphatic carbocycles. The lowest BCUT2D eigenvalue weighted by molar-refractivity contribution is 0.238. The highest BCUT2D eigenvalue weighted by atomic mass is 28.4. The van der Waals surface area contributed by atoms with Gasteiger partial charge in [0, 0.05) is 6.10 Å². The molecule has 2 heteroatoms. The summed E-state index contributed by atoms with van der Waals surface area (Å²) in [6, 6.07) is 19.0. The van der Waals surface area contributed by atoms with E-state index in [1.165, 1.54) is 16.3 Å². The van der Waals surface area contributed by atoms with Gasteiger partial charge in [0.1, 0.15) is 0 Å². The van der Waals surface area contributed by atoms with Crippen molar-refractivity contribution in [2.75, 3.05) is 0 Å². The summed E-state index contributed by atoms with van der Waals surface area (Å²) in [6.07, 6.45) is 0.257.